The van der Waals surface area contributed by atoms with E-state index in [1.54, 1.807) is 6.07 Å². The van der Waals surface area contributed by atoms with E-state index in [0.717, 1.165) is 32.1 Å². The first-order chi connectivity index (χ1) is 12.9. The van der Waals surface area contributed by atoms with Crippen LogP contribution < -0.4 is 25.2 Å². The van der Waals surface area contributed by atoms with Crippen molar-refractivity contribution in [2.75, 3.05) is 19.8 Å². The third kappa shape index (κ3) is 6.23. The maximum absolute atomic E-state index is 12.5. The van der Waals surface area contributed by atoms with Crippen molar-refractivity contribution >= 4 is 28.3 Å². The second-order valence-corrected chi connectivity index (χ2v) is 8.75. The lowest BCUT2D eigenvalue weighted by molar-refractivity contribution is -0.121. The van der Waals surface area contributed by atoms with Gasteiger partial charge >= 0.3 is 0 Å². The Labute approximate surface area is 172 Å². The summed E-state index contributed by atoms with van der Waals surface area (Å²) in [6.45, 7) is 1.06. The normalized spacial score (nSPS) is 21.9. The molecule has 0 aromatic heterocycles. The molecular formula is C18H28ClN3O5S. The summed E-state index contributed by atoms with van der Waals surface area (Å²) in [6.07, 6.45) is 4.39. The molecular weight excluding hydrogens is 406 g/mol. The lowest BCUT2D eigenvalue weighted by atomic mass is 9.92. The highest BCUT2D eigenvalue weighted by atomic mass is 35.5. The molecule has 10 heteroatoms. The second kappa shape index (κ2) is 10.3. The fourth-order valence-corrected chi connectivity index (χ4v) is 4.30. The van der Waals surface area contributed by atoms with Gasteiger partial charge in [-0.15, -0.1) is 12.4 Å². The summed E-state index contributed by atoms with van der Waals surface area (Å²) in [5.74, 6) is 0.804. The van der Waals surface area contributed by atoms with Gasteiger partial charge in [-0.1, -0.05) is 0 Å². The van der Waals surface area contributed by atoms with Gasteiger partial charge in [0, 0.05) is 37.5 Å². The summed E-state index contributed by atoms with van der Waals surface area (Å²) in [5, 5.41) is 2.95. The first-order valence-electron chi connectivity index (χ1n) is 9.38. The molecule has 1 aliphatic carbocycles. The van der Waals surface area contributed by atoms with Gasteiger partial charge in [-0.05, 0) is 37.8 Å². The van der Waals surface area contributed by atoms with Crippen molar-refractivity contribution in [3.8, 4) is 11.5 Å². The van der Waals surface area contributed by atoms with Crippen molar-refractivity contribution in [3.63, 3.8) is 0 Å². The second-order valence-electron chi connectivity index (χ2n) is 6.99. The molecule has 0 saturated heterocycles. The average Bonchev–Trinajstić information content (AvgIpc) is 2.88. The maximum Gasteiger partial charge on any atom is 0.240 e. The van der Waals surface area contributed by atoms with Gasteiger partial charge in [0.15, 0.2) is 11.5 Å². The van der Waals surface area contributed by atoms with Crippen molar-refractivity contribution in [2.45, 2.75) is 55.5 Å². The number of amides is 1. The first kappa shape index (κ1) is 22.7. The lowest BCUT2D eigenvalue weighted by Crippen LogP contribution is -2.41. The Balaban J connectivity index is 0.00000280. The highest BCUT2D eigenvalue weighted by Gasteiger charge is 2.21. The number of nitrogens with two attached hydrogens (primary N) is 1. The van der Waals surface area contributed by atoms with E-state index >= 15 is 0 Å². The number of hydrogen-bond donors (Lipinski definition) is 3. The SMILES string of the molecule is Cl.NC1CCC(NC(=O)CCNS(=O)(=O)c2ccc3c(c2)OCCCO3)CC1. The minimum atomic E-state index is -3.72. The molecule has 1 heterocycles. The smallest absolute Gasteiger partial charge is 0.240 e. The Morgan fingerprint density at radius 2 is 1.79 bits per heavy atom. The molecule has 0 atom stereocenters. The van der Waals surface area contributed by atoms with Crippen molar-refractivity contribution in [1.82, 2.24) is 10.0 Å². The van der Waals surface area contributed by atoms with Gasteiger partial charge in [0.1, 0.15) is 0 Å². The van der Waals surface area contributed by atoms with Crippen molar-refractivity contribution < 1.29 is 22.7 Å². The summed E-state index contributed by atoms with van der Waals surface area (Å²) in [5.41, 5.74) is 5.86. The third-order valence-corrected chi connectivity index (χ3v) is 6.27. The fraction of sp³-hybridized carbons (Fsp3) is 0.611. The number of ether oxygens (including phenoxy) is 2. The Bertz CT molecular complexity index is 766. The van der Waals surface area contributed by atoms with Crippen molar-refractivity contribution in [3.05, 3.63) is 18.2 Å². The zero-order chi connectivity index (χ0) is 19.3. The number of sulfonamides is 1. The molecule has 0 spiro atoms. The third-order valence-electron chi connectivity index (χ3n) is 4.81. The van der Waals surface area contributed by atoms with Gasteiger partial charge in [-0.25, -0.2) is 13.1 Å². The maximum atomic E-state index is 12.5. The van der Waals surface area contributed by atoms with Crippen LogP contribution in [0.25, 0.3) is 0 Å². The Morgan fingerprint density at radius 1 is 1.11 bits per heavy atom. The number of nitrogens with one attached hydrogen (secondary N) is 2. The van der Waals surface area contributed by atoms with Crippen molar-refractivity contribution in [2.24, 2.45) is 5.73 Å². The van der Waals surface area contributed by atoms with Crippen LogP contribution in [0.15, 0.2) is 23.1 Å². The van der Waals surface area contributed by atoms with Gasteiger partial charge in [0.2, 0.25) is 15.9 Å². The number of benzene rings is 1. The van der Waals surface area contributed by atoms with E-state index in [4.69, 9.17) is 15.2 Å². The largest absolute Gasteiger partial charge is 0.490 e. The van der Waals surface area contributed by atoms with E-state index < -0.39 is 10.0 Å². The molecule has 1 aliphatic heterocycles. The van der Waals surface area contributed by atoms with E-state index in [9.17, 15) is 13.2 Å². The Morgan fingerprint density at radius 3 is 2.50 bits per heavy atom. The quantitative estimate of drug-likeness (QED) is 0.622. The Hall–Kier alpha value is -1.55. The van der Waals surface area contributed by atoms with Crippen LogP contribution in [0, 0.1) is 0 Å². The van der Waals surface area contributed by atoms with E-state index in [2.05, 4.69) is 10.0 Å². The summed E-state index contributed by atoms with van der Waals surface area (Å²) in [4.78, 5) is 12.1. The van der Waals surface area contributed by atoms with E-state index in [1.165, 1.54) is 12.1 Å². The molecule has 0 bridgehead atoms. The number of halogens is 1. The summed E-state index contributed by atoms with van der Waals surface area (Å²) in [6, 6.07) is 4.88. The van der Waals surface area contributed by atoms with Gasteiger partial charge in [0.05, 0.1) is 18.1 Å². The van der Waals surface area contributed by atoms with E-state index in [0.29, 0.717) is 24.7 Å². The number of fused-ring (bicyclic) bond motifs is 1. The molecule has 8 nitrogen and oxygen atoms in total. The molecule has 3 rings (SSSR count). The standard InChI is InChI=1S/C18H27N3O5S.ClH/c19-13-2-4-14(5-3-13)21-18(22)8-9-20-27(23,24)15-6-7-16-17(12-15)26-11-1-10-25-16;/h6-7,12-14,20H,1-5,8-11,19H2,(H,21,22);1H. The molecule has 0 radical (unpaired) electrons. The van der Waals surface area contributed by atoms with Crippen LogP contribution in [0.3, 0.4) is 0 Å². The van der Waals surface area contributed by atoms with E-state index in [1.807, 2.05) is 0 Å². The van der Waals surface area contributed by atoms with E-state index in [-0.39, 0.29) is 48.3 Å². The number of rotatable bonds is 6. The number of hydrogen-bond acceptors (Lipinski definition) is 6. The lowest BCUT2D eigenvalue weighted by Gasteiger charge is -2.26. The van der Waals surface area contributed by atoms with Gasteiger partial charge in [-0.3, -0.25) is 4.79 Å². The number of carbonyl (C=O) groups is 1. The highest BCUT2D eigenvalue weighted by molar-refractivity contribution is 7.89. The molecule has 158 valence electrons. The van der Waals surface area contributed by atoms with Gasteiger partial charge in [0.25, 0.3) is 0 Å². The minimum absolute atomic E-state index is 0. The van der Waals surface area contributed by atoms with Gasteiger partial charge in [-0.2, -0.15) is 0 Å². The molecule has 28 heavy (non-hydrogen) atoms. The average molecular weight is 434 g/mol. The summed E-state index contributed by atoms with van der Waals surface area (Å²) < 4.78 is 38.4. The molecule has 1 saturated carbocycles. The van der Waals surface area contributed by atoms with Crippen LogP contribution in [-0.4, -0.2) is 46.2 Å². The molecule has 1 aromatic rings. The van der Waals surface area contributed by atoms with Crippen LogP contribution >= 0.6 is 12.4 Å². The fourth-order valence-electron chi connectivity index (χ4n) is 3.26. The van der Waals surface area contributed by atoms with Crippen molar-refractivity contribution in [1.29, 1.82) is 0 Å². The molecule has 2 aliphatic rings. The Kier molecular flexibility index (Phi) is 8.36. The number of carbonyl (C=O) groups excluding carboxylic acids is 1. The van der Waals surface area contributed by atoms with Crippen LogP contribution in [0.2, 0.25) is 0 Å². The van der Waals surface area contributed by atoms with Gasteiger partial charge < -0.3 is 20.5 Å². The first-order valence-corrected chi connectivity index (χ1v) is 10.9. The van der Waals surface area contributed by atoms with Crippen LogP contribution in [0.5, 0.6) is 11.5 Å². The predicted molar refractivity (Wildman–Crippen MR) is 107 cm³/mol. The molecule has 1 aromatic carbocycles. The monoisotopic (exact) mass is 433 g/mol. The van der Waals surface area contributed by atoms with Crippen LogP contribution in [0.4, 0.5) is 0 Å². The highest BCUT2D eigenvalue weighted by Crippen LogP contribution is 2.31. The van der Waals surface area contributed by atoms with Crippen LogP contribution in [-0.2, 0) is 14.8 Å². The summed E-state index contributed by atoms with van der Waals surface area (Å²) in [7, 11) is -3.72. The van der Waals surface area contributed by atoms with Crippen LogP contribution in [0.1, 0.15) is 38.5 Å². The molecule has 4 N–H and O–H groups in total. The topological polar surface area (TPSA) is 120 Å². The minimum Gasteiger partial charge on any atom is -0.490 e. The predicted octanol–water partition coefficient (Wildman–Crippen LogP) is 1.32. The zero-order valence-corrected chi connectivity index (χ0v) is 17.3. The zero-order valence-electron chi connectivity index (χ0n) is 15.7. The molecule has 0 unspecified atom stereocenters. The summed E-state index contributed by atoms with van der Waals surface area (Å²) >= 11 is 0. The molecule has 1 amide bonds. The molecule has 1 fully saturated rings.